The number of carbonyl (C=O) groups excluding carboxylic acids is 2. The van der Waals surface area contributed by atoms with Gasteiger partial charge in [-0.2, -0.15) is 0 Å². The van der Waals surface area contributed by atoms with E-state index < -0.39 is 24.0 Å². The average Bonchev–Trinajstić information content (AvgIpc) is 1.97. The molecule has 0 aromatic carbocycles. The van der Waals surface area contributed by atoms with E-state index in [1.54, 1.807) is 13.8 Å². The van der Waals surface area contributed by atoms with Crippen LogP contribution in [0.25, 0.3) is 0 Å². The van der Waals surface area contributed by atoms with Gasteiger partial charge in [0.25, 0.3) is 0 Å². The number of carbonyl (C=O) groups is 2. The third-order valence-electron chi connectivity index (χ3n) is 1.65. The minimum absolute atomic E-state index is 0.0831. The summed E-state index contributed by atoms with van der Waals surface area (Å²) in [5, 5.41) is 11.2. The smallest absolute Gasteiger partial charge is 0.249 e. The molecule has 0 aromatic rings. The van der Waals surface area contributed by atoms with Crippen LogP contribution in [0.3, 0.4) is 0 Å². The number of primary amides is 1. The molecule has 2 amide bonds. The Hall–Kier alpha value is -1.10. The topological polar surface area (TPSA) is 92.4 Å². The first kappa shape index (κ1) is 11.9. The minimum atomic E-state index is -1.12. The van der Waals surface area contributed by atoms with Crippen LogP contribution in [0.4, 0.5) is 0 Å². The molecule has 5 nitrogen and oxygen atoms in total. The number of aliphatic hydroxyl groups excluding tert-OH is 1. The molecule has 1 unspecified atom stereocenters. The maximum Gasteiger partial charge on any atom is 0.249 e. The van der Waals surface area contributed by atoms with Crippen LogP contribution >= 0.6 is 0 Å². The van der Waals surface area contributed by atoms with Gasteiger partial charge in [0.05, 0.1) is 0 Å². The second kappa shape index (κ2) is 4.81. The molecule has 13 heavy (non-hydrogen) atoms. The van der Waals surface area contributed by atoms with Crippen LogP contribution in [-0.4, -0.2) is 29.1 Å². The molecule has 0 rings (SSSR count). The van der Waals surface area contributed by atoms with Gasteiger partial charge < -0.3 is 16.2 Å². The molecular weight excluding hydrogens is 172 g/mol. The molecule has 4 N–H and O–H groups in total. The molecule has 0 aliphatic rings. The molecule has 0 heterocycles. The lowest BCUT2D eigenvalue weighted by molar-refractivity contribution is -0.133. The molecule has 2 atom stereocenters. The van der Waals surface area contributed by atoms with E-state index in [1.807, 2.05) is 0 Å². The predicted octanol–water partition coefficient (Wildman–Crippen LogP) is -1.01. The van der Waals surface area contributed by atoms with Crippen LogP contribution in [0.2, 0.25) is 0 Å². The van der Waals surface area contributed by atoms with Gasteiger partial charge >= 0.3 is 0 Å². The van der Waals surface area contributed by atoms with Gasteiger partial charge in [0.15, 0.2) is 0 Å². The van der Waals surface area contributed by atoms with Crippen molar-refractivity contribution in [3.8, 4) is 0 Å². The molecule has 0 radical (unpaired) electrons. The third kappa shape index (κ3) is 3.89. The average molecular weight is 188 g/mol. The van der Waals surface area contributed by atoms with Gasteiger partial charge in [-0.1, -0.05) is 13.8 Å². The normalized spacial score (nSPS) is 15.2. The Morgan fingerprint density at radius 2 is 1.77 bits per heavy atom. The molecule has 0 fully saturated rings. The van der Waals surface area contributed by atoms with Crippen LogP contribution in [0.5, 0.6) is 0 Å². The Morgan fingerprint density at radius 3 is 2.00 bits per heavy atom. The molecule has 0 spiro atoms. The first-order chi connectivity index (χ1) is 5.86. The fourth-order valence-electron chi connectivity index (χ4n) is 0.840. The summed E-state index contributed by atoms with van der Waals surface area (Å²) in [6.45, 7) is 4.85. The molecule has 0 aliphatic carbocycles. The SMILES string of the molecule is CC(O)C(=O)N[C@H](C(N)=O)C(C)C. The van der Waals surface area contributed by atoms with Crippen LogP contribution in [0, 0.1) is 5.92 Å². The highest BCUT2D eigenvalue weighted by Gasteiger charge is 2.22. The van der Waals surface area contributed by atoms with E-state index in [-0.39, 0.29) is 5.92 Å². The van der Waals surface area contributed by atoms with Gasteiger partial charge in [0.1, 0.15) is 12.1 Å². The molecule has 0 saturated carbocycles. The van der Waals surface area contributed by atoms with Gasteiger partial charge in [-0.15, -0.1) is 0 Å². The molecule has 76 valence electrons. The molecule has 0 bridgehead atoms. The summed E-state index contributed by atoms with van der Waals surface area (Å²) in [6, 6.07) is -0.720. The second-order valence-corrected chi connectivity index (χ2v) is 3.31. The highest BCUT2D eigenvalue weighted by atomic mass is 16.3. The zero-order chi connectivity index (χ0) is 10.6. The van der Waals surface area contributed by atoms with E-state index in [9.17, 15) is 9.59 Å². The van der Waals surface area contributed by atoms with Crippen LogP contribution in [-0.2, 0) is 9.59 Å². The summed E-state index contributed by atoms with van der Waals surface area (Å²) in [5.74, 6) is -1.26. The third-order valence-corrected chi connectivity index (χ3v) is 1.65. The Bertz CT molecular complexity index is 202. The molecule has 0 aliphatic heterocycles. The van der Waals surface area contributed by atoms with Gasteiger partial charge in [-0.3, -0.25) is 9.59 Å². The number of hydrogen-bond donors (Lipinski definition) is 3. The lowest BCUT2D eigenvalue weighted by atomic mass is 10.0. The van der Waals surface area contributed by atoms with Gasteiger partial charge in [0.2, 0.25) is 11.8 Å². The summed E-state index contributed by atoms with van der Waals surface area (Å²) in [4.78, 5) is 21.8. The maximum atomic E-state index is 11.0. The van der Waals surface area contributed by atoms with E-state index in [2.05, 4.69) is 5.32 Å². The zero-order valence-electron chi connectivity index (χ0n) is 8.07. The molecular formula is C8H16N2O3. The minimum Gasteiger partial charge on any atom is -0.384 e. The molecule has 5 heteroatoms. The number of rotatable bonds is 4. The predicted molar refractivity (Wildman–Crippen MR) is 47.6 cm³/mol. The van der Waals surface area contributed by atoms with Crippen molar-refractivity contribution >= 4 is 11.8 Å². The molecule has 0 saturated heterocycles. The van der Waals surface area contributed by atoms with Crippen LogP contribution in [0.15, 0.2) is 0 Å². The van der Waals surface area contributed by atoms with Crippen molar-refractivity contribution in [3.63, 3.8) is 0 Å². The standard InChI is InChI=1S/C8H16N2O3/c1-4(2)6(7(9)12)10-8(13)5(3)11/h4-6,11H,1-3H3,(H2,9,12)(H,10,13)/t5?,6-/m0/s1. The number of amides is 2. The number of nitrogens with two attached hydrogens (primary N) is 1. The van der Waals surface area contributed by atoms with Crippen LogP contribution < -0.4 is 11.1 Å². The van der Waals surface area contributed by atoms with E-state index in [4.69, 9.17) is 10.8 Å². The summed E-state index contributed by atoms with van der Waals surface area (Å²) >= 11 is 0. The van der Waals surface area contributed by atoms with Gasteiger partial charge in [0, 0.05) is 0 Å². The Labute approximate surface area is 77.3 Å². The lowest BCUT2D eigenvalue weighted by Crippen LogP contribution is -2.50. The van der Waals surface area contributed by atoms with Crippen molar-refractivity contribution in [2.45, 2.75) is 32.9 Å². The van der Waals surface area contributed by atoms with Crippen molar-refractivity contribution in [3.05, 3.63) is 0 Å². The van der Waals surface area contributed by atoms with Crippen molar-refractivity contribution < 1.29 is 14.7 Å². The van der Waals surface area contributed by atoms with Crippen molar-refractivity contribution in [2.75, 3.05) is 0 Å². The van der Waals surface area contributed by atoms with Crippen molar-refractivity contribution in [2.24, 2.45) is 11.7 Å². The first-order valence-electron chi connectivity index (χ1n) is 4.14. The fraction of sp³-hybridized carbons (Fsp3) is 0.750. The van der Waals surface area contributed by atoms with E-state index in [0.29, 0.717) is 0 Å². The summed E-state index contributed by atoms with van der Waals surface area (Å²) in [6.07, 6.45) is -1.12. The summed E-state index contributed by atoms with van der Waals surface area (Å²) in [5.41, 5.74) is 5.05. The van der Waals surface area contributed by atoms with Gasteiger partial charge in [-0.05, 0) is 12.8 Å². The largest absolute Gasteiger partial charge is 0.384 e. The first-order valence-corrected chi connectivity index (χ1v) is 4.14. The van der Waals surface area contributed by atoms with Crippen molar-refractivity contribution in [1.29, 1.82) is 0 Å². The highest BCUT2D eigenvalue weighted by Crippen LogP contribution is 2.00. The number of nitrogens with one attached hydrogen (secondary N) is 1. The van der Waals surface area contributed by atoms with E-state index in [1.165, 1.54) is 6.92 Å². The zero-order valence-corrected chi connectivity index (χ0v) is 8.07. The fourth-order valence-corrected chi connectivity index (χ4v) is 0.840. The molecule has 0 aromatic heterocycles. The van der Waals surface area contributed by atoms with Gasteiger partial charge in [-0.25, -0.2) is 0 Å². The Kier molecular flexibility index (Phi) is 4.40. The number of hydrogen-bond acceptors (Lipinski definition) is 3. The summed E-state index contributed by atoms with van der Waals surface area (Å²) < 4.78 is 0. The second-order valence-electron chi connectivity index (χ2n) is 3.31. The lowest BCUT2D eigenvalue weighted by Gasteiger charge is -2.19. The summed E-state index contributed by atoms with van der Waals surface area (Å²) in [7, 11) is 0. The number of aliphatic hydroxyl groups is 1. The quantitative estimate of drug-likeness (QED) is 0.528. The maximum absolute atomic E-state index is 11.0. The Balaban J connectivity index is 4.27. The van der Waals surface area contributed by atoms with Crippen molar-refractivity contribution in [1.82, 2.24) is 5.32 Å². The monoisotopic (exact) mass is 188 g/mol. The Morgan fingerprint density at radius 1 is 1.31 bits per heavy atom. The van der Waals surface area contributed by atoms with E-state index >= 15 is 0 Å². The van der Waals surface area contributed by atoms with E-state index in [0.717, 1.165) is 0 Å². The van der Waals surface area contributed by atoms with Crippen LogP contribution in [0.1, 0.15) is 20.8 Å². The highest BCUT2D eigenvalue weighted by molar-refractivity contribution is 5.88.